The maximum atomic E-state index is 8.65. The minimum Gasteiger partial charge on any atom is -0.508 e. The Morgan fingerprint density at radius 3 is 1.12 bits per heavy atom. The summed E-state index contributed by atoms with van der Waals surface area (Å²) in [5.74, 6) is 0.660. The van der Waals surface area contributed by atoms with Gasteiger partial charge in [-0.25, -0.2) is 0 Å². The Morgan fingerprint density at radius 1 is 0.588 bits per heavy atom. The second-order valence-electron chi connectivity index (χ2n) is 2.85. The fourth-order valence-electron chi connectivity index (χ4n) is 0.881. The van der Waals surface area contributed by atoms with Gasteiger partial charge in [-0.15, -0.1) is 0 Å². The van der Waals surface area contributed by atoms with Crippen LogP contribution in [-0.2, 0) is 4.79 Å². The molecule has 0 aliphatic rings. The van der Waals surface area contributed by atoms with Crippen LogP contribution in [0.1, 0.15) is 0 Å². The van der Waals surface area contributed by atoms with Gasteiger partial charge in [-0.1, -0.05) is 18.2 Å². The Hall–Kier alpha value is -2.49. The van der Waals surface area contributed by atoms with Gasteiger partial charge in [0.2, 0.25) is 0 Å². The Labute approximate surface area is 99.4 Å². The number of para-hydroxylation sites is 1. The highest BCUT2D eigenvalue weighted by molar-refractivity contribution is 5.28. The van der Waals surface area contributed by atoms with E-state index in [1.807, 2.05) is 12.9 Å². The van der Waals surface area contributed by atoms with E-state index in [4.69, 9.17) is 20.1 Å². The number of carbonyl (C=O) groups excluding carboxylic acids is 1. The number of hydrogen-bond donors (Lipinski definition) is 3. The lowest BCUT2D eigenvalue weighted by Gasteiger charge is -1.88. The van der Waals surface area contributed by atoms with Crippen molar-refractivity contribution in [3.05, 3.63) is 54.6 Å². The predicted octanol–water partition coefficient (Wildman–Crippen LogP) is 2.31. The van der Waals surface area contributed by atoms with Gasteiger partial charge in [0.05, 0.1) is 0 Å². The Bertz CT molecular complexity index is 377. The SMILES string of the molecule is C=O.Oc1ccc(O)cc1.Oc1ccccc1. The largest absolute Gasteiger partial charge is 0.508 e. The number of phenols is 3. The fourth-order valence-corrected chi connectivity index (χ4v) is 0.881. The lowest BCUT2D eigenvalue weighted by atomic mass is 10.3. The van der Waals surface area contributed by atoms with Gasteiger partial charge >= 0.3 is 0 Å². The van der Waals surface area contributed by atoms with Crippen LogP contribution >= 0.6 is 0 Å². The molecule has 17 heavy (non-hydrogen) atoms. The quantitative estimate of drug-likeness (QED) is 0.611. The van der Waals surface area contributed by atoms with Crippen LogP contribution in [0.5, 0.6) is 17.2 Å². The molecule has 0 spiro atoms. The van der Waals surface area contributed by atoms with Crippen LogP contribution in [0.4, 0.5) is 0 Å². The summed E-state index contributed by atoms with van der Waals surface area (Å²) in [5, 5.41) is 25.9. The zero-order valence-electron chi connectivity index (χ0n) is 9.15. The summed E-state index contributed by atoms with van der Waals surface area (Å²) in [7, 11) is 0. The van der Waals surface area contributed by atoms with Crippen molar-refractivity contribution in [2.24, 2.45) is 0 Å². The van der Waals surface area contributed by atoms with Crippen molar-refractivity contribution in [2.75, 3.05) is 0 Å². The molecule has 0 aliphatic carbocycles. The Morgan fingerprint density at radius 2 is 0.882 bits per heavy atom. The highest BCUT2D eigenvalue weighted by Gasteiger charge is 1.84. The van der Waals surface area contributed by atoms with Crippen LogP contribution < -0.4 is 0 Å². The van der Waals surface area contributed by atoms with Gasteiger partial charge in [-0.05, 0) is 36.4 Å². The smallest absolute Gasteiger partial charge is 0.115 e. The van der Waals surface area contributed by atoms with Gasteiger partial charge in [0.25, 0.3) is 0 Å². The molecule has 4 heteroatoms. The van der Waals surface area contributed by atoms with Crippen molar-refractivity contribution < 1.29 is 20.1 Å². The topological polar surface area (TPSA) is 77.8 Å². The average molecular weight is 234 g/mol. The van der Waals surface area contributed by atoms with E-state index >= 15 is 0 Å². The normalized spacial score (nSPS) is 8.00. The minimum absolute atomic E-state index is 0.169. The van der Waals surface area contributed by atoms with E-state index in [1.165, 1.54) is 24.3 Å². The van der Waals surface area contributed by atoms with Crippen LogP contribution in [0, 0.1) is 0 Å². The molecule has 0 saturated heterocycles. The molecule has 3 N–H and O–H groups in total. The number of rotatable bonds is 0. The first-order chi connectivity index (χ1) is 8.18. The van der Waals surface area contributed by atoms with Crippen LogP contribution in [0.3, 0.4) is 0 Å². The van der Waals surface area contributed by atoms with E-state index in [9.17, 15) is 0 Å². The lowest BCUT2D eigenvalue weighted by molar-refractivity contribution is -0.0979. The molecule has 0 amide bonds. The van der Waals surface area contributed by atoms with Crippen molar-refractivity contribution in [3.63, 3.8) is 0 Å². The summed E-state index contributed by atoms with van der Waals surface area (Å²) < 4.78 is 0. The second-order valence-corrected chi connectivity index (χ2v) is 2.85. The van der Waals surface area contributed by atoms with Crippen LogP contribution in [0.25, 0.3) is 0 Å². The second kappa shape index (κ2) is 8.79. The molecule has 0 aromatic heterocycles. The summed E-state index contributed by atoms with van der Waals surface area (Å²) in [4.78, 5) is 8.00. The van der Waals surface area contributed by atoms with E-state index in [2.05, 4.69) is 0 Å². The highest BCUT2D eigenvalue weighted by atomic mass is 16.3. The van der Waals surface area contributed by atoms with Crippen molar-refractivity contribution in [1.29, 1.82) is 0 Å². The molecule has 2 aromatic carbocycles. The molecule has 2 aromatic rings. The number of aromatic hydroxyl groups is 3. The first kappa shape index (κ1) is 14.5. The third-order valence-electron chi connectivity index (χ3n) is 1.61. The van der Waals surface area contributed by atoms with Crippen molar-refractivity contribution >= 4 is 6.79 Å². The predicted molar refractivity (Wildman–Crippen MR) is 65.0 cm³/mol. The maximum absolute atomic E-state index is 8.65. The number of carbonyl (C=O) groups is 1. The van der Waals surface area contributed by atoms with Crippen molar-refractivity contribution in [2.45, 2.75) is 0 Å². The average Bonchev–Trinajstić information content (AvgIpc) is 2.37. The summed E-state index contributed by atoms with van der Waals surface area (Å²) in [6.45, 7) is 2.00. The van der Waals surface area contributed by atoms with Crippen LogP contribution in [0.2, 0.25) is 0 Å². The number of benzene rings is 2. The summed E-state index contributed by atoms with van der Waals surface area (Å²) >= 11 is 0. The molecule has 2 rings (SSSR count). The van der Waals surface area contributed by atoms with E-state index in [0.29, 0.717) is 5.75 Å². The van der Waals surface area contributed by atoms with Gasteiger partial charge in [0.1, 0.15) is 24.0 Å². The molecule has 0 saturated carbocycles. The van der Waals surface area contributed by atoms with Gasteiger partial charge in [-0.2, -0.15) is 0 Å². The standard InChI is InChI=1S/C6H6O2.C6H6O.CH2O/c7-5-1-2-6(8)4-3-5;7-6-4-2-1-3-5-6;1-2/h1-4,7-8H;1-5,7H;1H2. The molecule has 0 heterocycles. The molecular weight excluding hydrogens is 220 g/mol. The van der Waals surface area contributed by atoms with Gasteiger partial charge in [-0.3, -0.25) is 0 Å². The van der Waals surface area contributed by atoms with Gasteiger partial charge < -0.3 is 20.1 Å². The molecular formula is C13H14O4. The van der Waals surface area contributed by atoms with E-state index in [0.717, 1.165) is 0 Å². The zero-order valence-corrected chi connectivity index (χ0v) is 9.15. The monoisotopic (exact) mass is 234 g/mol. The lowest BCUT2D eigenvalue weighted by Crippen LogP contribution is -1.61. The van der Waals surface area contributed by atoms with Gasteiger partial charge in [0, 0.05) is 0 Å². The van der Waals surface area contributed by atoms with Crippen molar-refractivity contribution in [1.82, 2.24) is 0 Å². The molecule has 0 bridgehead atoms. The van der Waals surface area contributed by atoms with E-state index in [1.54, 1.807) is 24.3 Å². The minimum atomic E-state index is 0.169. The molecule has 0 atom stereocenters. The Kier molecular flexibility index (Phi) is 7.50. The van der Waals surface area contributed by atoms with E-state index < -0.39 is 0 Å². The summed E-state index contributed by atoms with van der Waals surface area (Å²) in [5.41, 5.74) is 0. The van der Waals surface area contributed by atoms with Crippen LogP contribution in [0.15, 0.2) is 54.6 Å². The molecule has 0 fully saturated rings. The number of hydrogen-bond acceptors (Lipinski definition) is 4. The molecule has 0 unspecified atom stereocenters. The first-order valence-electron chi connectivity index (χ1n) is 4.69. The first-order valence-corrected chi connectivity index (χ1v) is 4.69. The number of phenolic OH excluding ortho intramolecular Hbond substituents is 3. The van der Waals surface area contributed by atoms with Gasteiger partial charge in [0.15, 0.2) is 0 Å². The zero-order chi connectivity index (χ0) is 13.1. The third kappa shape index (κ3) is 7.44. The Balaban J connectivity index is 0.000000265. The maximum Gasteiger partial charge on any atom is 0.115 e. The van der Waals surface area contributed by atoms with E-state index in [-0.39, 0.29) is 11.5 Å². The third-order valence-corrected chi connectivity index (χ3v) is 1.61. The highest BCUT2D eigenvalue weighted by Crippen LogP contribution is 2.13. The summed E-state index contributed by atoms with van der Waals surface area (Å²) in [6.07, 6.45) is 0. The molecule has 4 nitrogen and oxygen atoms in total. The summed E-state index contributed by atoms with van der Waals surface area (Å²) in [6, 6.07) is 14.4. The molecule has 0 aliphatic heterocycles. The fraction of sp³-hybridized carbons (Fsp3) is 0. The van der Waals surface area contributed by atoms with Crippen LogP contribution in [-0.4, -0.2) is 22.1 Å². The molecule has 90 valence electrons. The van der Waals surface area contributed by atoms with Crippen molar-refractivity contribution in [3.8, 4) is 17.2 Å². The molecule has 0 radical (unpaired) electrons.